The average Bonchev–Trinajstić information content (AvgIpc) is 2.97. The molecule has 1 aliphatic rings. The van der Waals surface area contributed by atoms with Crippen LogP contribution in [0.4, 0.5) is 0 Å². The maximum Gasteiger partial charge on any atom is 0.303 e. The number of alkyl halides is 1. The van der Waals surface area contributed by atoms with E-state index in [-0.39, 0.29) is 29.4 Å². The van der Waals surface area contributed by atoms with Gasteiger partial charge in [0.05, 0.1) is 6.10 Å². The summed E-state index contributed by atoms with van der Waals surface area (Å²) in [6.07, 6.45) is 10.1. The number of hydrogen-bond acceptors (Lipinski definition) is 3. The Morgan fingerprint density at radius 2 is 1.83 bits per heavy atom. The minimum absolute atomic E-state index is 0.0505. The van der Waals surface area contributed by atoms with Crippen LogP contribution in [0.1, 0.15) is 86.6 Å². The first kappa shape index (κ1) is 23.6. The number of halogens is 1. The van der Waals surface area contributed by atoms with Crippen molar-refractivity contribution >= 4 is 23.4 Å². The normalized spacial score (nSPS) is 24.2. The maximum atomic E-state index is 12.3. The fraction of sp³-hybridized carbons (Fsp3) is 0.583. The van der Waals surface area contributed by atoms with Crippen molar-refractivity contribution in [2.24, 2.45) is 5.92 Å². The minimum Gasteiger partial charge on any atom is -0.481 e. The Morgan fingerprint density at radius 3 is 2.48 bits per heavy atom. The van der Waals surface area contributed by atoms with Crippen LogP contribution in [0.2, 0.25) is 0 Å². The number of Topliss-reactive ketones (excluding diaryl/α,β-unsaturated/α-hetero) is 1. The van der Waals surface area contributed by atoms with Gasteiger partial charge in [-0.05, 0) is 43.6 Å². The number of aliphatic hydroxyl groups is 1. The summed E-state index contributed by atoms with van der Waals surface area (Å²) < 4.78 is 0. The SMILES string of the molecule is CCCCCC(=O)c1ccc([C@@H]2[C@@H](CC=CCCCC(=O)O)[C@H](Cl)C[C@H]2O)cc1. The highest BCUT2D eigenvalue weighted by Crippen LogP contribution is 2.44. The Labute approximate surface area is 179 Å². The van der Waals surface area contributed by atoms with E-state index >= 15 is 0 Å². The summed E-state index contributed by atoms with van der Waals surface area (Å²) in [5.41, 5.74) is 1.75. The molecule has 2 rings (SSSR count). The molecule has 0 spiro atoms. The topological polar surface area (TPSA) is 74.6 Å². The van der Waals surface area contributed by atoms with Gasteiger partial charge in [0, 0.05) is 29.7 Å². The van der Waals surface area contributed by atoms with Gasteiger partial charge in [-0.1, -0.05) is 56.2 Å². The lowest BCUT2D eigenvalue weighted by molar-refractivity contribution is -0.137. The molecule has 1 aromatic carbocycles. The van der Waals surface area contributed by atoms with Crippen molar-refractivity contribution in [3.05, 3.63) is 47.5 Å². The average molecular weight is 421 g/mol. The number of carboxylic acid groups (broad SMARTS) is 1. The number of rotatable bonds is 12. The van der Waals surface area contributed by atoms with Crippen molar-refractivity contribution in [1.82, 2.24) is 0 Å². The van der Waals surface area contributed by atoms with Crippen molar-refractivity contribution in [3.8, 4) is 0 Å². The Kier molecular flexibility index (Phi) is 9.89. The molecule has 0 bridgehead atoms. The van der Waals surface area contributed by atoms with Crippen molar-refractivity contribution in [2.45, 2.75) is 82.1 Å². The van der Waals surface area contributed by atoms with E-state index in [9.17, 15) is 14.7 Å². The third-order valence-electron chi connectivity index (χ3n) is 5.77. The molecule has 29 heavy (non-hydrogen) atoms. The van der Waals surface area contributed by atoms with E-state index in [1.54, 1.807) is 0 Å². The van der Waals surface area contributed by atoms with Gasteiger partial charge in [0.15, 0.2) is 5.78 Å². The Morgan fingerprint density at radius 1 is 1.10 bits per heavy atom. The lowest BCUT2D eigenvalue weighted by Crippen LogP contribution is -2.18. The molecule has 1 fully saturated rings. The smallest absolute Gasteiger partial charge is 0.303 e. The second-order valence-electron chi connectivity index (χ2n) is 8.00. The molecular weight excluding hydrogens is 388 g/mol. The van der Waals surface area contributed by atoms with Gasteiger partial charge < -0.3 is 10.2 Å². The van der Waals surface area contributed by atoms with Crippen molar-refractivity contribution in [3.63, 3.8) is 0 Å². The van der Waals surface area contributed by atoms with Crippen molar-refractivity contribution < 1.29 is 19.8 Å². The lowest BCUT2D eigenvalue weighted by Gasteiger charge is -2.23. The zero-order chi connectivity index (χ0) is 21.2. The zero-order valence-corrected chi connectivity index (χ0v) is 18.0. The molecule has 0 saturated heterocycles. The van der Waals surface area contributed by atoms with E-state index in [0.29, 0.717) is 19.3 Å². The Balaban J connectivity index is 1.97. The highest BCUT2D eigenvalue weighted by molar-refractivity contribution is 6.21. The number of benzene rings is 1. The number of ketones is 1. The summed E-state index contributed by atoms with van der Waals surface area (Å²) in [4.78, 5) is 22.8. The van der Waals surface area contributed by atoms with E-state index in [1.165, 1.54) is 0 Å². The lowest BCUT2D eigenvalue weighted by atomic mass is 9.85. The van der Waals surface area contributed by atoms with E-state index in [1.807, 2.05) is 30.3 Å². The number of aliphatic hydroxyl groups excluding tert-OH is 1. The van der Waals surface area contributed by atoms with Crippen LogP contribution in [0.5, 0.6) is 0 Å². The van der Waals surface area contributed by atoms with Crippen LogP contribution < -0.4 is 0 Å². The van der Waals surface area contributed by atoms with Gasteiger partial charge in [-0.15, -0.1) is 11.6 Å². The number of carbonyl (C=O) groups excluding carboxylic acids is 1. The minimum atomic E-state index is -0.773. The number of carbonyl (C=O) groups is 2. The van der Waals surface area contributed by atoms with Gasteiger partial charge in [0.1, 0.15) is 0 Å². The first-order chi connectivity index (χ1) is 13.9. The number of aliphatic carboxylic acids is 1. The monoisotopic (exact) mass is 420 g/mol. The molecule has 1 aromatic rings. The molecular formula is C24H33ClO4. The summed E-state index contributed by atoms with van der Waals surface area (Å²) in [6, 6.07) is 7.66. The maximum absolute atomic E-state index is 12.3. The molecule has 0 radical (unpaired) electrons. The summed E-state index contributed by atoms with van der Waals surface area (Å²) in [7, 11) is 0. The predicted octanol–water partition coefficient (Wildman–Crippen LogP) is 5.72. The third kappa shape index (κ3) is 7.27. The molecule has 2 N–H and O–H groups in total. The highest BCUT2D eigenvalue weighted by Gasteiger charge is 2.41. The van der Waals surface area contributed by atoms with Gasteiger partial charge in [-0.25, -0.2) is 0 Å². The second kappa shape index (κ2) is 12.1. The predicted molar refractivity (Wildman–Crippen MR) is 117 cm³/mol. The summed E-state index contributed by atoms with van der Waals surface area (Å²) in [5, 5.41) is 19.1. The molecule has 1 aliphatic carbocycles. The van der Waals surface area contributed by atoms with E-state index in [2.05, 4.69) is 13.0 Å². The van der Waals surface area contributed by atoms with Crippen LogP contribution in [0.3, 0.4) is 0 Å². The number of hydrogen-bond donors (Lipinski definition) is 2. The fourth-order valence-corrected chi connectivity index (χ4v) is 4.58. The summed E-state index contributed by atoms with van der Waals surface area (Å²) >= 11 is 6.53. The fourth-order valence-electron chi connectivity index (χ4n) is 4.14. The molecule has 0 aromatic heterocycles. The quantitative estimate of drug-likeness (QED) is 0.196. The van der Waals surface area contributed by atoms with Crippen LogP contribution in [-0.2, 0) is 4.79 Å². The third-order valence-corrected chi connectivity index (χ3v) is 6.27. The Bertz CT molecular complexity index is 683. The standard InChI is InChI=1S/C24H33ClO4/c1-2-3-6-10-21(26)17-12-14-18(15-13-17)24-19(20(25)16-22(24)27)9-7-4-5-8-11-23(28)29/h4,7,12-15,19-20,22,24,27H,2-3,5-6,8-11,16H2,1H3,(H,28,29)/t19-,20+,22+,24+/m0/s1. The van der Waals surface area contributed by atoms with Crippen LogP contribution >= 0.6 is 11.6 Å². The molecule has 0 aliphatic heterocycles. The van der Waals surface area contributed by atoms with Crippen LogP contribution in [0.25, 0.3) is 0 Å². The van der Waals surface area contributed by atoms with Gasteiger partial charge in [-0.2, -0.15) is 0 Å². The Hall–Kier alpha value is -1.65. The number of unbranched alkanes of at least 4 members (excludes halogenated alkanes) is 3. The molecule has 0 amide bonds. The summed E-state index contributed by atoms with van der Waals surface area (Å²) in [5.74, 6) is -0.530. The van der Waals surface area contributed by atoms with Gasteiger partial charge in [0.2, 0.25) is 0 Å². The van der Waals surface area contributed by atoms with E-state index in [0.717, 1.165) is 43.2 Å². The molecule has 4 atom stereocenters. The van der Waals surface area contributed by atoms with Crippen molar-refractivity contribution in [1.29, 1.82) is 0 Å². The second-order valence-corrected chi connectivity index (χ2v) is 8.56. The van der Waals surface area contributed by atoms with E-state index in [4.69, 9.17) is 16.7 Å². The van der Waals surface area contributed by atoms with Gasteiger partial charge in [0.25, 0.3) is 0 Å². The first-order valence-electron chi connectivity index (χ1n) is 10.8. The molecule has 4 nitrogen and oxygen atoms in total. The molecule has 5 heteroatoms. The van der Waals surface area contributed by atoms with Crippen molar-refractivity contribution in [2.75, 3.05) is 0 Å². The molecule has 160 valence electrons. The number of carboxylic acids is 1. The van der Waals surface area contributed by atoms with Crippen LogP contribution in [-0.4, -0.2) is 33.4 Å². The zero-order valence-electron chi connectivity index (χ0n) is 17.2. The van der Waals surface area contributed by atoms with Crippen LogP contribution in [0, 0.1) is 5.92 Å². The largest absolute Gasteiger partial charge is 0.481 e. The first-order valence-corrected chi connectivity index (χ1v) is 11.2. The number of allylic oxidation sites excluding steroid dienone is 2. The van der Waals surface area contributed by atoms with Gasteiger partial charge in [-0.3, -0.25) is 9.59 Å². The molecule has 1 saturated carbocycles. The highest BCUT2D eigenvalue weighted by atomic mass is 35.5. The van der Waals surface area contributed by atoms with E-state index < -0.39 is 12.1 Å². The molecule has 0 unspecified atom stereocenters. The summed E-state index contributed by atoms with van der Waals surface area (Å²) in [6.45, 7) is 2.12. The van der Waals surface area contributed by atoms with Crippen LogP contribution in [0.15, 0.2) is 36.4 Å². The van der Waals surface area contributed by atoms with Gasteiger partial charge >= 0.3 is 5.97 Å². The molecule has 0 heterocycles.